The van der Waals surface area contributed by atoms with Crippen molar-refractivity contribution in [2.24, 2.45) is 11.3 Å². The Labute approximate surface area is 169 Å². The molecule has 0 radical (unpaired) electrons. The van der Waals surface area contributed by atoms with Crippen molar-refractivity contribution < 1.29 is 55.2 Å². The third-order valence-electron chi connectivity index (χ3n) is 5.37. The highest BCUT2D eigenvalue weighted by molar-refractivity contribution is 5.75. The Bertz CT molecular complexity index is 579. The van der Waals surface area contributed by atoms with Gasteiger partial charge in [-0.2, -0.15) is 26.3 Å². The molecule has 0 aromatic carbocycles. The second kappa shape index (κ2) is 9.61. The third kappa shape index (κ3) is 6.14. The zero-order valence-corrected chi connectivity index (χ0v) is 16.9. The van der Waals surface area contributed by atoms with Crippen LogP contribution in [0.15, 0.2) is 0 Å². The van der Waals surface area contributed by atoms with E-state index in [0.717, 1.165) is 0 Å². The van der Waals surface area contributed by atoms with Gasteiger partial charge < -0.3 is 19.3 Å². The Hall–Kier alpha value is -1.72. The first-order valence-corrected chi connectivity index (χ1v) is 9.42. The summed E-state index contributed by atoms with van der Waals surface area (Å²) >= 11 is 0. The van der Waals surface area contributed by atoms with Gasteiger partial charge in [0.15, 0.2) is 0 Å². The molecule has 0 heterocycles. The first-order valence-electron chi connectivity index (χ1n) is 9.42. The minimum absolute atomic E-state index is 0.228. The molecule has 30 heavy (non-hydrogen) atoms. The summed E-state index contributed by atoms with van der Waals surface area (Å²) in [5.41, 5.74) is -5.52. The van der Waals surface area contributed by atoms with E-state index in [2.05, 4.69) is 0 Å². The lowest BCUT2D eigenvalue weighted by Crippen LogP contribution is -2.62. The van der Waals surface area contributed by atoms with Crippen LogP contribution in [0.1, 0.15) is 52.9 Å². The molecule has 0 bridgehead atoms. The number of esters is 1. The Balaban J connectivity index is 2.46. The fourth-order valence-corrected chi connectivity index (χ4v) is 2.99. The van der Waals surface area contributed by atoms with Crippen LogP contribution in [-0.4, -0.2) is 54.5 Å². The second-order valence-corrected chi connectivity index (χ2v) is 7.83. The van der Waals surface area contributed by atoms with Crippen molar-refractivity contribution in [1.82, 2.24) is 0 Å². The quantitative estimate of drug-likeness (QED) is 0.347. The van der Waals surface area contributed by atoms with Gasteiger partial charge in [-0.3, -0.25) is 4.79 Å². The summed E-state index contributed by atoms with van der Waals surface area (Å²) in [4.78, 5) is 23.3. The van der Waals surface area contributed by atoms with Crippen LogP contribution in [0.25, 0.3) is 0 Å². The van der Waals surface area contributed by atoms with Crippen LogP contribution in [0.2, 0.25) is 0 Å². The van der Waals surface area contributed by atoms with Crippen molar-refractivity contribution in [3.63, 3.8) is 0 Å². The molecule has 1 rings (SSSR count). The first kappa shape index (κ1) is 26.3. The number of rotatable bonds is 7. The fourth-order valence-electron chi connectivity index (χ4n) is 2.99. The second-order valence-electron chi connectivity index (χ2n) is 7.83. The van der Waals surface area contributed by atoms with Gasteiger partial charge in [0.1, 0.15) is 19.3 Å². The minimum atomic E-state index is -5.88. The van der Waals surface area contributed by atoms with Crippen LogP contribution in [0, 0.1) is 11.3 Å². The van der Waals surface area contributed by atoms with E-state index in [9.17, 15) is 41.0 Å². The molecule has 0 aromatic heterocycles. The molecule has 0 saturated heterocycles. The molecule has 0 atom stereocenters. The molecule has 1 saturated carbocycles. The molecule has 1 fully saturated rings. The molecule has 0 spiro atoms. The highest BCUT2D eigenvalue weighted by Crippen LogP contribution is 2.51. The van der Waals surface area contributed by atoms with E-state index < -0.39 is 60.4 Å². The van der Waals surface area contributed by atoms with Crippen molar-refractivity contribution in [2.45, 2.75) is 76.9 Å². The van der Waals surface area contributed by atoms with Gasteiger partial charge in [-0.05, 0) is 46.0 Å². The zero-order valence-electron chi connectivity index (χ0n) is 16.9. The highest BCUT2D eigenvalue weighted by Gasteiger charge is 2.73. The Kier molecular flexibility index (Phi) is 8.43. The fraction of sp³-hybridized carbons (Fsp3) is 0.889. The lowest BCUT2D eigenvalue weighted by atomic mass is 9.75. The van der Waals surface area contributed by atoms with Crippen LogP contribution >= 0.6 is 0 Å². The summed E-state index contributed by atoms with van der Waals surface area (Å²) in [6.45, 7) is 4.61. The van der Waals surface area contributed by atoms with Gasteiger partial charge in [0.05, 0.1) is 5.41 Å². The minimum Gasteiger partial charge on any atom is -0.462 e. The first-order chi connectivity index (χ1) is 13.6. The standard InChI is InChI=1S/C18H26F6O6/c1-4-15(2,3)13(25)28-9-10-29-14(26)30-12-7-5-11(6-8-12)16(27,17(19,20)21)18(22,23)24/h11-12,27H,4-10H2,1-3H3. The van der Waals surface area contributed by atoms with E-state index >= 15 is 0 Å². The number of alkyl halides is 6. The average molecular weight is 452 g/mol. The maximum atomic E-state index is 12.9. The SMILES string of the molecule is CCC(C)(C)C(=O)OCCOC(=O)OC1CCC(C(O)(C(F)(F)F)C(F)(F)F)CC1. The van der Waals surface area contributed by atoms with Gasteiger partial charge in [-0.1, -0.05) is 6.92 Å². The van der Waals surface area contributed by atoms with E-state index in [4.69, 9.17) is 14.2 Å². The predicted molar refractivity (Wildman–Crippen MR) is 90.3 cm³/mol. The number of carbonyl (C=O) groups excluding carboxylic acids is 2. The number of hydrogen-bond acceptors (Lipinski definition) is 6. The Morgan fingerprint density at radius 1 is 0.900 bits per heavy atom. The van der Waals surface area contributed by atoms with Gasteiger partial charge in [0.2, 0.25) is 0 Å². The molecule has 176 valence electrons. The monoisotopic (exact) mass is 452 g/mol. The molecule has 12 heteroatoms. The molecule has 1 N–H and O–H groups in total. The highest BCUT2D eigenvalue weighted by atomic mass is 19.4. The van der Waals surface area contributed by atoms with Gasteiger partial charge in [0.25, 0.3) is 5.60 Å². The number of hydrogen-bond donors (Lipinski definition) is 1. The summed E-state index contributed by atoms with van der Waals surface area (Å²) in [7, 11) is 0. The number of ether oxygens (including phenoxy) is 3. The van der Waals surface area contributed by atoms with Gasteiger partial charge in [-0.25, -0.2) is 4.79 Å². The van der Waals surface area contributed by atoms with Crippen LogP contribution in [0.3, 0.4) is 0 Å². The van der Waals surface area contributed by atoms with Crippen LogP contribution < -0.4 is 0 Å². The maximum absolute atomic E-state index is 12.9. The molecule has 0 aliphatic heterocycles. The molecular formula is C18H26F6O6. The number of aliphatic hydroxyl groups is 1. The maximum Gasteiger partial charge on any atom is 0.508 e. The summed E-state index contributed by atoms with van der Waals surface area (Å²) in [5, 5.41) is 9.42. The lowest BCUT2D eigenvalue weighted by Gasteiger charge is -2.41. The largest absolute Gasteiger partial charge is 0.508 e. The van der Waals surface area contributed by atoms with Crippen LogP contribution in [0.5, 0.6) is 0 Å². The van der Waals surface area contributed by atoms with E-state index in [1.807, 2.05) is 0 Å². The summed E-state index contributed by atoms with van der Waals surface area (Å²) in [6.07, 6.45) is -15.2. The Morgan fingerprint density at radius 3 is 1.80 bits per heavy atom. The van der Waals surface area contributed by atoms with E-state index in [0.29, 0.717) is 6.42 Å². The molecule has 0 unspecified atom stereocenters. The summed E-state index contributed by atoms with van der Waals surface area (Å²) in [6, 6.07) is 0. The number of halogens is 6. The number of carbonyl (C=O) groups is 2. The van der Waals surface area contributed by atoms with Crippen molar-refractivity contribution in [3.05, 3.63) is 0 Å². The molecular weight excluding hydrogens is 426 g/mol. The topological polar surface area (TPSA) is 82.1 Å². The predicted octanol–water partition coefficient (Wildman–Crippen LogP) is 4.53. The van der Waals surface area contributed by atoms with Crippen LogP contribution in [-0.2, 0) is 19.0 Å². The average Bonchev–Trinajstić information content (AvgIpc) is 2.63. The van der Waals surface area contributed by atoms with E-state index in [1.165, 1.54) is 0 Å². The molecule has 0 aromatic rings. The molecule has 0 amide bonds. The smallest absolute Gasteiger partial charge is 0.462 e. The summed E-state index contributed by atoms with van der Waals surface area (Å²) < 4.78 is 92.0. The normalized spacial score (nSPS) is 21.1. The molecule has 1 aliphatic rings. The van der Waals surface area contributed by atoms with E-state index in [-0.39, 0.29) is 26.1 Å². The Morgan fingerprint density at radius 2 is 1.37 bits per heavy atom. The molecule has 6 nitrogen and oxygen atoms in total. The van der Waals surface area contributed by atoms with Crippen molar-refractivity contribution >= 4 is 12.1 Å². The van der Waals surface area contributed by atoms with Crippen molar-refractivity contribution in [1.29, 1.82) is 0 Å². The molecule has 1 aliphatic carbocycles. The van der Waals surface area contributed by atoms with Gasteiger partial charge >= 0.3 is 24.5 Å². The van der Waals surface area contributed by atoms with E-state index in [1.54, 1.807) is 20.8 Å². The van der Waals surface area contributed by atoms with Crippen LogP contribution in [0.4, 0.5) is 31.1 Å². The van der Waals surface area contributed by atoms with Gasteiger partial charge in [0, 0.05) is 5.92 Å². The van der Waals surface area contributed by atoms with Crippen molar-refractivity contribution in [2.75, 3.05) is 13.2 Å². The van der Waals surface area contributed by atoms with Gasteiger partial charge in [-0.15, -0.1) is 0 Å². The zero-order chi connectivity index (χ0) is 23.4. The lowest BCUT2D eigenvalue weighted by molar-refractivity contribution is -0.387. The third-order valence-corrected chi connectivity index (χ3v) is 5.37. The van der Waals surface area contributed by atoms with Crippen molar-refractivity contribution in [3.8, 4) is 0 Å². The summed E-state index contributed by atoms with van der Waals surface area (Å²) in [5.74, 6) is -2.59.